The van der Waals surface area contributed by atoms with E-state index >= 15 is 0 Å². The number of rotatable bonds is 7. The summed E-state index contributed by atoms with van der Waals surface area (Å²) in [6.45, 7) is 6.19. The van der Waals surface area contributed by atoms with Crippen LogP contribution in [0.3, 0.4) is 0 Å². The zero-order valence-electron chi connectivity index (χ0n) is 20.3. The van der Waals surface area contributed by atoms with E-state index in [2.05, 4.69) is 29.4 Å². The molecule has 1 aromatic heterocycles. The molecule has 1 N–H and O–H groups in total. The van der Waals surface area contributed by atoms with E-state index in [4.69, 9.17) is 16.1 Å². The lowest BCUT2D eigenvalue weighted by Crippen LogP contribution is -2.37. The van der Waals surface area contributed by atoms with Crippen molar-refractivity contribution >= 4 is 17.2 Å². The normalized spacial score (nSPS) is 17.0. The summed E-state index contributed by atoms with van der Waals surface area (Å²) >= 11 is 1.68. The fraction of sp³-hybridized carbons (Fsp3) is 0.379. The van der Waals surface area contributed by atoms with Crippen molar-refractivity contribution < 1.29 is 9.53 Å². The first-order valence-corrected chi connectivity index (χ1v) is 13.2. The molecule has 1 amide bonds. The van der Waals surface area contributed by atoms with Gasteiger partial charge in [-0.1, -0.05) is 24.1 Å². The smallest absolute Gasteiger partial charge is 0.236 e. The summed E-state index contributed by atoms with van der Waals surface area (Å²) in [6.07, 6.45) is 12.0. The van der Waals surface area contributed by atoms with Crippen LogP contribution >= 0.6 is 11.3 Å². The molecule has 180 valence electrons. The van der Waals surface area contributed by atoms with Gasteiger partial charge in [-0.15, -0.1) is 17.8 Å². The average molecular weight is 486 g/mol. The molecule has 2 aliphatic rings. The summed E-state index contributed by atoms with van der Waals surface area (Å²) in [5.41, 5.74) is 5.64. The Balaban J connectivity index is 1.34. The molecule has 1 aliphatic carbocycles. The fourth-order valence-electron chi connectivity index (χ4n) is 5.05. The highest BCUT2D eigenvalue weighted by atomic mass is 32.1. The molecule has 1 unspecified atom stereocenters. The first kappa shape index (κ1) is 23.6. The lowest BCUT2D eigenvalue weighted by atomic mass is 10.0. The number of hydrogen-bond acceptors (Lipinski definition) is 5. The largest absolute Gasteiger partial charge is 0.490 e. The van der Waals surface area contributed by atoms with E-state index < -0.39 is 0 Å². The molecule has 3 aromatic rings. The molecule has 1 saturated heterocycles. The van der Waals surface area contributed by atoms with Crippen LogP contribution in [0.2, 0.25) is 0 Å². The van der Waals surface area contributed by atoms with E-state index in [0.717, 1.165) is 65.5 Å². The van der Waals surface area contributed by atoms with E-state index in [1.54, 1.807) is 11.3 Å². The van der Waals surface area contributed by atoms with Gasteiger partial charge in [-0.2, -0.15) is 0 Å². The van der Waals surface area contributed by atoms with Crippen molar-refractivity contribution in [1.82, 2.24) is 15.2 Å². The Kier molecular flexibility index (Phi) is 6.90. The van der Waals surface area contributed by atoms with E-state index in [0.29, 0.717) is 6.54 Å². The Bertz CT molecular complexity index is 1270. The van der Waals surface area contributed by atoms with Gasteiger partial charge in [-0.25, -0.2) is 4.98 Å². The first-order valence-electron chi connectivity index (χ1n) is 12.4. The van der Waals surface area contributed by atoms with Crippen LogP contribution in [0.15, 0.2) is 42.6 Å². The predicted molar refractivity (Wildman–Crippen MR) is 142 cm³/mol. The molecule has 0 spiro atoms. The van der Waals surface area contributed by atoms with Gasteiger partial charge < -0.3 is 15.0 Å². The molecule has 0 radical (unpaired) electrons. The summed E-state index contributed by atoms with van der Waals surface area (Å²) in [5.74, 6) is 3.69. The molecule has 1 aliphatic heterocycles. The first-order chi connectivity index (χ1) is 17.0. The zero-order chi connectivity index (χ0) is 24.4. The number of ether oxygens (including phenoxy) is 1. The fourth-order valence-corrected chi connectivity index (χ4v) is 6.02. The number of likely N-dealkylation sites (tertiary alicyclic amines) is 1. The van der Waals surface area contributed by atoms with Gasteiger partial charge in [-0.05, 0) is 74.4 Å². The van der Waals surface area contributed by atoms with Crippen LogP contribution in [0.5, 0.6) is 5.75 Å². The summed E-state index contributed by atoms with van der Waals surface area (Å²) < 4.78 is 5.84. The van der Waals surface area contributed by atoms with Crippen LogP contribution in [0.4, 0.5) is 0 Å². The Morgan fingerprint density at radius 2 is 2.11 bits per heavy atom. The maximum absolute atomic E-state index is 12.5. The second kappa shape index (κ2) is 10.2. The third kappa shape index (κ3) is 4.98. The number of carbonyl (C=O) groups is 1. The number of benzene rings is 2. The van der Waals surface area contributed by atoms with Gasteiger partial charge in [0.25, 0.3) is 0 Å². The van der Waals surface area contributed by atoms with E-state index in [9.17, 15) is 4.79 Å². The number of fused-ring (bicyclic) bond motifs is 1. The molecule has 5 nitrogen and oxygen atoms in total. The molecule has 6 heteroatoms. The van der Waals surface area contributed by atoms with E-state index in [-0.39, 0.29) is 18.1 Å². The van der Waals surface area contributed by atoms with Crippen molar-refractivity contribution in [1.29, 1.82) is 0 Å². The zero-order valence-corrected chi connectivity index (χ0v) is 21.2. The Morgan fingerprint density at radius 1 is 1.29 bits per heavy atom. The summed E-state index contributed by atoms with van der Waals surface area (Å²) in [6, 6.07) is 12.6. The van der Waals surface area contributed by atoms with Crippen LogP contribution < -0.4 is 10.1 Å². The van der Waals surface area contributed by atoms with Crippen molar-refractivity contribution in [2.24, 2.45) is 0 Å². The Hall–Kier alpha value is -3.14. The minimum atomic E-state index is 0.0660. The molecular weight excluding hydrogens is 454 g/mol. The van der Waals surface area contributed by atoms with Crippen molar-refractivity contribution in [2.75, 3.05) is 19.6 Å². The van der Waals surface area contributed by atoms with Crippen molar-refractivity contribution in [3.05, 3.63) is 59.3 Å². The summed E-state index contributed by atoms with van der Waals surface area (Å²) in [5, 5.41) is 4.46. The van der Waals surface area contributed by atoms with Gasteiger partial charge >= 0.3 is 0 Å². The minimum absolute atomic E-state index is 0.0660. The highest BCUT2D eigenvalue weighted by Gasteiger charge is 2.27. The molecule has 5 rings (SSSR count). The number of hydrogen-bond donors (Lipinski definition) is 1. The number of nitrogens with one attached hydrogen (secondary N) is 1. The topological polar surface area (TPSA) is 54.5 Å². The highest BCUT2D eigenvalue weighted by molar-refractivity contribution is 7.18. The van der Waals surface area contributed by atoms with Crippen LogP contribution in [-0.2, 0) is 11.2 Å². The standard InChI is InChI=1S/C29H31N3O2S/c1-4-20-16-21(10-13-26(20)34-19(2)3)29-31-17-27(35-29)24-9-7-8-23-22(24)11-12-25(23)30-18-28(33)32-14-5-6-15-32/h1,7-10,13,16-17,19,25,30H,5-6,11-12,14-15,18H2,2-3H3. The van der Waals surface area contributed by atoms with Gasteiger partial charge in [0, 0.05) is 30.9 Å². The lowest BCUT2D eigenvalue weighted by Gasteiger charge is -2.19. The van der Waals surface area contributed by atoms with Gasteiger partial charge in [0.1, 0.15) is 10.8 Å². The number of thiazole rings is 1. The van der Waals surface area contributed by atoms with Crippen LogP contribution in [0.1, 0.15) is 55.8 Å². The SMILES string of the molecule is C#Cc1cc(-c2ncc(-c3cccc4c3CCC4NCC(=O)N3CCCC3)s2)ccc1OC(C)C. The third-order valence-electron chi connectivity index (χ3n) is 6.74. The maximum Gasteiger partial charge on any atom is 0.236 e. The number of nitrogens with zero attached hydrogens (tertiary/aromatic N) is 2. The van der Waals surface area contributed by atoms with Gasteiger partial charge in [0.2, 0.25) is 5.91 Å². The molecule has 1 atom stereocenters. The van der Waals surface area contributed by atoms with Crippen molar-refractivity contribution in [3.8, 4) is 39.1 Å². The van der Waals surface area contributed by atoms with Crippen molar-refractivity contribution in [2.45, 2.75) is 51.7 Å². The minimum Gasteiger partial charge on any atom is -0.490 e. The number of carbonyl (C=O) groups excluding carboxylic acids is 1. The molecule has 1 fully saturated rings. The number of amides is 1. The second-order valence-corrected chi connectivity index (χ2v) is 10.5. The number of terminal acetylenes is 1. The molecule has 35 heavy (non-hydrogen) atoms. The van der Waals surface area contributed by atoms with Crippen LogP contribution in [0.25, 0.3) is 21.0 Å². The predicted octanol–water partition coefficient (Wildman–Crippen LogP) is 5.44. The van der Waals surface area contributed by atoms with Gasteiger partial charge in [0.05, 0.1) is 23.1 Å². The second-order valence-electron chi connectivity index (χ2n) is 9.48. The van der Waals surface area contributed by atoms with Crippen LogP contribution in [-0.4, -0.2) is 41.5 Å². The third-order valence-corrected chi connectivity index (χ3v) is 7.82. The summed E-state index contributed by atoms with van der Waals surface area (Å²) in [7, 11) is 0. The molecule has 2 heterocycles. The highest BCUT2D eigenvalue weighted by Crippen LogP contribution is 2.41. The molecule has 0 saturated carbocycles. The van der Waals surface area contributed by atoms with Crippen LogP contribution in [0, 0.1) is 12.3 Å². The van der Waals surface area contributed by atoms with E-state index in [1.165, 1.54) is 16.7 Å². The summed E-state index contributed by atoms with van der Waals surface area (Å²) in [4.78, 5) is 20.3. The quantitative estimate of drug-likeness (QED) is 0.453. The van der Waals surface area contributed by atoms with Gasteiger partial charge in [0.15, 0.2) is 0 Å². The van der Waals surface area contributed by atoms with Crippen molar-refractivity contribution in [3.63, 3.8) is 0 Å². The lowest BCUT2D eigenvalue weighted by molar-refractivity contribution is -0.129. The molecular formula is C29H31N3O2S. The van der Waals surface area contributed by atoms with Gasteiger partial charge in [-0.3, -0.25) is 4.79 Å². The Labute approximate surface area is 211 Å². The molecule has 0 bridgehead atoms. The monoisotopic (exact) mass is 485 g/mol. The van der Waals surface area contributed by atoms with E-state index in [1.807, 2.05) is 43.1 Å². The Morgan fingerprint density at radius 3 is 2.89 bits per heavy atom. The average Bonchev–Trinajstić information content (AvgIpc) is 3.63. The maximum atomic E-state index is 12.5. The number of aromatic nitrogens is 1. The molecule has 2 aromatic carbocycles.